The number of carbonyl (C=O) groups is 1. The third kappa shape index (κ3) is 3.40. The van der Waals surface area contributed by atoms with Crippen molar-refractivity contribution in [3.63, 3.8) is 0 Å². The Morgan fingerprint density at radius 1 is 1.23 bits per heavy atom. The van der Waals surface area contributed by atoms with Crippen molar-refractivity contribution in [1.29, 1.82) is 5.26 Å². The number of nitrogens with zero attached hydrogens (tertiary/aromatic N) is 4. The van der Waals surface area contributed by atoms with Gasteiger partial charge in [-0.15, -0.1) is 0 Å². The second-order valence-electron chi connectivity index (χ2n) is 7.68. The van der Waals surface area contributed by atoms with Crippen LogP contribution in [-0.2, 0) is 11.3 Å². The number of halogens is 1. The molecule has 3 heterocycles. The van der Waals surface area contributed by atoms with Gasteiger partial charge in [-0.25, -0.2) is 4.39 Å². The lowest BCUT2D eigenvalue weighted by molar-refractivity contribution is -0.118. The van der Waals surface area contributed by atoms with Gasteiger partial charge in [-0.1, -0.05) is 0 Å². The summed E-state index contributed by atoms with van der Waals surface area (Å²) < 4.78 is 17.4. The fourth-order valence-electron chi connectivity index (χ4n) is 4.17. The van der Waals surface area contributed by atoms with E-state index < -0.39 is 0 Å². The number of anilines is 1. The first kappa shape index (κ1) is 19.9. The highest BCUT2D eigenvalue weighted by Gasteiger charge is 2.26. The summed E-state index contributed by atoms with van der Waals surface area (Å²) in [5.74, 6) is -0.0911. The molecule has 30 heavy (non-hydrogen) atoms. The number of rotatable bonds is 4. The SMILES string of the molecule is Cc1c(C#N)c(NC(=O)CN2CCn3cccc3C2C)n(-c2ccc(F)cc2)c1C. The fourth-order valence-corrected chi connectivity index (χ4v) is 4.17. The predicted octanol–water partition coefficient (Wildman–Crippen LogP) is 3.92. The first-order valence-corrected chi connectivity index (χ1v) is 9.97. The van der Waals surface area contributed by atoms with Gasteiger partial charge in [-0.3, -0.25) is 14.3 Å². The minimum Gasteiger partial charge on any atom is -0.349 e. The van der Waals surface area contributed by atoms with Crippen molar-refractivity contribution in [2.45, 2.75) is 33.4 Å². The number of hydrogen-bond acceptors (Lipinski definition) is 3. The van der Waals surface area contributed by atoms with Crippen LogP contribution in [0.3, 0.4) is 0 Å². The third-order valence-corrected chi connectivity index (χ3v) is 5.98. The maximum absolute atomic E-state index is 13.4. The molecule has 6 nitrogen and oxygen atoms in total. The Balaban J connectivity index is 1.61. The summed E-state index contributed by atoms with van der Waals surface area (Å²) in [6, 6.07) is 12.4. The minimum absolute atomic E-state index is 0.127. The van der Waals surface area contributed by atoms with Crippen molar-refractivity contribution in [3.8, 4) is 11.8 Å². The lowest BCUT2D eigenvalue weighted by atomic mass is 10.1. The number of nitriles is 1. The van der Waals surface area contributed by atoms with E-state index in [1.165, 1.54) is 17.8 Å². The zero-order valence-corrected chi connectivity index (χ0v) is 17.3. The molecule has 1 amide bonds. The second-order valence-corrected chi connectivity index (χ2v) is 7.68. The number of aromatic nitrogens is 2. The Morgan fingerprint density at radius 3 is 2.67 bits per heavy atom. The lowest BCUT2D eigenvalue weighted by Crippen LogP contribution is -2.41. The molecule has 0 aliphatic carbocycles. The normalized spacial score (nSPS) is 16.2. The van der Waals surface area contributed by atoms with Gasteiger partial charge in [0.05, 0.1) is 12.1 Å². The highest BCUT2D eigenvalue weighted by Crippen LogP contribution is 2.30. The molecule has 0 bridgehead atoms. The molecule has 154 valence electrons. The molecule has 1 aliphatic heterocycles. The van der Waals surface area contributed by atoms with Gasteiger partial charge in [0.15, 0.2) is 0 Å². The molecule has 0 saturated carbocycles. The molecule has 1 N–H and O–H groups in total. The van der Waals surface area contributed by atoms with Gasteiger partial charge < -0.3 is 9.88 Å². The summed E-state index contributed by atoms with van der Waals surface area (Å²) in [6.45, 7) is 7.67. The number of nitrogens with one attached hydrogen (secondary N) is 1. The van der Waals surface area contributed by atoms with E-state index in [-0.39, 0.29) is 24.3 Å². The first-order valence-electron chi connectivity index (χ1n) is 9.97. The summed E-state index contributed by atoms with van der Waals surface area (Å²) in [4.78, 5) is 15.1. The zero-order chi connectivity index (χ0) is 21.4. The van der Waals surface area contributed by atoms with Crippen molar-refractivity contribution in [2.75, 3.05) is 18.4 Å². The fraction of sp³-hybridized carbons (Fsp3) is 0.304. The maximum atomic E-state index is 13.4. The average Bonchev–Trinajstić information content (AvgIpc) is 3.29. The van der Waals surface area contributed by atoms with E-state index in [0.717, 1.165) is 24.3 Å². The Hall–Kier alpha value is -3.37. The molecule has 7 heteroatoms. The largest absolute Gasteiger partial charge is 0.349 e. The number of amides is 1. The van der Waals surface area contributed by atoms with Gasteiger partial charge in [0.2, 0.25) is 5.91 Å². The highest BCUT2D eigenvalue weighted by atomic mass is 19.1. The van der Waals surface area contributed by atoms with Crippen molar-refractivity contribution in [1.82, 2.24) is 14.0 Å². The minimum atomic E-state index is -0.338. The molecule has 1 unspecified atom stereocenters. The molecule has 0 radical (unpaired) electrons. The average molecular weight is 405 g/mol. The number of hydrogen-bond donors (Lipinski definition) is 1. The Morgan fingerprint density at radius 2 is 1.97 bits per heavy atom. The van der Waals surface area contributed by atoms with E-state index in [4.69, 9.17) is 0 Å². The van der Waals surface area contributed by atoms with Gasteiger partial charge in [0.25, 0.3) is 0 Å². The molecule has 1 aliphatic rings. The van der Waals surface area contributed by atoms with E-state index >= 15 is 0 Å². The quantitative estimate of drug-likeness (QED) is 0.715. The van der Waals surface area contributed by atoms with Crippen molar-refractivity contribution >= 4 is 11.7 Å². The van der Waals surface area contributed by atoms with Crippen LogP contribution in [0.4, 0.5) is 10.2 Å². The summed E-state index contributed by atoms with van der Waals surface area (Å²) in [5, 5.41) is 12.7. The van der Waals surface area contributed by atoms with Crippen LogP contribution in [0.1, 0.15) is 35.5 Å². The first-order chi connectivity index (χ1) is 14.4. The van der Waals surface area contributed by atoms with Crippen LogP contribution in [0, 0.1) is 31.0 Å². The van der Waals surface area contributed by atoms with Gasteiger partial charge in [-0.2, -0.15) is 5.26 Å². The molecule has 3 aromatic rings. The second kappa shape index (κ2) is 7.81. The van der Waals surface area contributed by atoms with Gasteiger partial charge in [-0.05, 0) is 62.7 Å². The number of carbonyl (C=O) groups excluding carboxylic acids is 1. The van der Waals surface area contributed by atoms with E-state index in [9.17, 15) is 14.4 Å². The summed E-state index contributed by atoms with van der Waals surface area (Å²) >= 11 is 0. The van der Waals surface area contributed by atoms with Crippen LogP contribution in [0.15, 0.2) is 42.6 Å². The Bertz CT molecular complexity index is 1140. The molecule has 1 aromatic carbocycles. The van der Waals surface area contributed by atoms with Gasteiger partial charge in [0, 0.05) is 42.4 Å². The van der Waals surface area contributed by atoms with Gasteiger partial charge >= 0.3 is 0 Å². The highest BCUT2D eigenvalue weighted by molar-refractivity contribution is 5.93. The summed E-state index contributed by atoms with van der Waals surface area (Å²) in [6.07, 6.45) is 2.06. The Labute approximate surface area is 175 Å². The van der Waals surface area contributed by atoms with E-state index in [1.54, 1.807) is 16.7 Å². The lowest BCUT2D eigenvalue weighted by Gasteiger charge is -2.34. The molecule has 0 spiro atoms. The standard InChI is InChI=1S/C23H24FN5O/c1-15-16(2)29(19-8-6-18(24)7-9-19)23(20(15)13-25)26-22(30)14-28-12-11-27-10-4-5-21(27)17(28)3/h4-10,17H,11-12,14H2,1-3H3,(H,26,30). The van der Waals surface area contributed by atoms with Crippen LogP contribution in [0.25, 0.3) is 5.69 Å². The number of benzene rings is 1. The van der Waals surface area contributed by atoms with Crippen LogP contribution in [-0.4, -0.2) is 33.0 Å². The van der Waals surface area contributed by atoms with Crippen molar-refractivity contribution in [2.24, 2.45) is 0 Å². The summed E-state index contributed by atoms with van der Waals surface area (Å²) in [5.41, 5.74) is 3.93. The molecule has 2 aromatic heterocycles. The third-order valence-electron chi connectivity index (χ3n) is 5.98. The van der Waals surface area contributed by atoms with Crippen molar-refractivity contribution in [3.05, 3.63) is 70.9 Å². The molecule has 0 fully saturated rings. The van der Waals surface area contributed by atoms with Crippen LogP contribution in [0.5, 0.6) is 0 Å². The monoisotopic (exact) mass is 405 g/mol. The predicted molar refractivity (Wildman–Crippen MR) is 113 cm³/mol. The smallest absolute Gasteiger partial charge is 0.239 e. The topological polar surface area (TPSA) is 66.0 Å². The van der Waals surface area contributed by atoms with Crippen LogP contribution >= 0.6 is 0 Å². The Kier molecular flexibility index (Phi) is 5.18. The molecular formula is C23H24FN5O. The van der Waals surface area contributed by atoms with Crippen LogP contribution < -0.4 is 5.32 Å². The zero-order valence-electron chi connectivity index (χ0n) is 17.3. The van der Waals surface area contributed by atoms with E-state index in [0.29, 0.717) is 17.1 Å². The maximum Gasteiger partial charge on any atom is 0.239 e. The number of fused-ring (bicyclic) bond motifs is 1. The summed E-state index contributed by atoms with van der Waals surface area (Å²) in [7, 11) is 0. The molecule has 4 rings (SSSR count). The molecular weight excluding hydrogens is 381 g/mol. The van der Waals surface area contributed by atoms with Gasteiger partial charge in [0.1, 0.15) is 17.7 Å². The van der Waals surface area contributed by atoms with E-state index in [2.05, 4.69) is 40.0 Å². The molecule has 0 saturated heterocycles. The van der Waals surface area contributed by atoms with Crippen LogP contribution in [0.2, 0.25) is 0 Å². The van der Waals surface area contributed by atoms with E-state index in [1.807, 2.05) is 19.9 Å². The molecule has 1 atom stereocenters. The van der Waals surface area contributed by atoms with Crippen molar-refractivity contribution < 1.29 is 9.18 Å².